The summed E-state index contributed by atoms with van der Waals surface area (Å²) in [6.45, 7) is 1.93. The molecular weight excluding hydrogens is 174 g/mol. The Morgan fingerprint density at radius 3 is 3.07 bits per heavy atom. The number of allylic oxidation sites excluding steroid dienone is 5. The Hall–Kier alpha value is -1.15. The van der Waals surface area contributed by atoms with Crippen molar-refractivity contribution in [3.05, 3.63) is 36.0 Å². The molecule has 2 aliphatic carbocycles. The second kappa shape index (κ2) is 2.92. The molecule has 0 radical (unpaired) electrons. The van der Waals surface area contributed by atoms with E-state index in [1.165, 1.54) is 5.57 Å². The number of nitrogens with one attached hydrogen (secondary N) is 1. The van der Waals surface area contributed by atoms with Gasteiger partial charge in [0.05, 0.1) is 0 Å². The third-order valence-corrected chi connectivity index (χ3v) is 3.47. The Morgan fingerprint density at radius 2 is 2.14 bits per heavy atom. The van der Waals surface area contributed by atoms with Gasteiger partial charge in [0.15, 0.2) is 5.78 Å². The zero-order valence-corrected chi connectivity index (χ0v) is 7.94. The van der Waals surface area contributed by atoms with Gasteiger partial charge in [-0.15, -0.1) is 0 Å². The topological polar surface area (TPSA) is 29.1 Å². The Bertz CT molecular complexity index is 365. The van der Waals surface area contributed by atoms with Crippen LogP contribution in [0.1, 0.15) is 0 Å². The summed E-state index contributed by atoms with van der Waals surface area (Å²) in [4.78, 5) is 11.8. The highest BCUT2D eigenvalue weighted by Gasteiger charge is 2.39. The van der Waals surface area contributed by atoms with Gasteiger partial charge in [0.1, 0.15) is 0 Å². The zero-order valence-electron chi connectivity index (χ0n) is 7.94. The molecule has 2 nitrogen and oxygen atoms in total. The van der Waals surface area contributed by atoms with Crippen LogP contribution >= 0.6 is 0 Å². The normalized spacial score (nSPS) is 39.3. The van der Waals surface area contributed by atoms with Gasteiger partial charge in [-0.3, -0.25) is 4.79 Å². The second-order valence-corrected chi connectivity index (χ2v) is 4.23. The maximum atomic E-state index is 11.8. The summed E-state index contributed by atoms with van der Waals surface area (Å²) in [6, 6.07) is 0. The van der Waals surface area contributed by atoms with Gasteiger partial charge < -0.3 is 5.32 Å². The van der Waals surface area contributed by atoms with Crippen molar-refractivity contribution in [1.29, 1.82) is 0 Å². The molecule has 3 atom stereocenters. The van der Waals surface area contributed by atoms with Crippen LogP contribution in [0.25, 0.3) is 0 Å². The largest absolute Gasteiger partial charge is 0.312 e. The van der Waals surface area contributed by atoms with E-state index in [1.54, 1.807) is 0 Å². The standard InChI is InChI=1S/C12H13NO/c14-12-5-8-6-13-7-11(8)9-3-1-2-4-10(9)12/h1-5,9-11,13H,6-7H2. The molecule has 1 N–H and O–H groups in total. The third-order valence-electron chi connectivity index (χ3n) is 3.47. The van der Waals surface area contributed by atoms with E-state index in [1.807, 2.05) is 18.2 Å². The van der Waals surface area contributed by atoms with Gasteiger partial charge in [-0.05, 0) is 17.6 Å². The number of carbonyl (C=O) groups excluding carboxylic acids is 1. The van der Waals surface area contributed by atoms with Crippen molar-refractivity contribution in [2.45, 2.75) is 0 Å². The fourth-order valence-electron chi connectivity index (χ4n) is 2.75. The molecule has 0 spiro atoms. The first kappa shape index (κ1) is 8.18. The lowest BCUT2D eigenvalue weighted by Gasteiger charge is -2.31. The molecule has 0 amide bonds. The molecule has 14 heavy (non-hydrogen) atoms. The molecular formula is C12H13NO. The molecule has 0 aromatic carbocycles. The van der Waals surface area contributed by atoms with Gasteiger partial charge in [-0.1, -0.05) is 24.3 Å². The van der Waals surface area contributed by atoms with Crippen LogP contribution in [0.2, 0.25) is 0 Å². The Kier molecular flexibility index (Phi) is 1.71. The van der Waals surface area contributed by atoms with Crippen LogP contribution in [-0.4, -0.2) is 18.9 Å². The van der Waals surface area contributed by atoms with E-state index in [-0.39, 0.29) is 11.7 Å². The molecule has 1 saturated heterocycles. The van der Waals surface area contributed by atoms with Crippen molar-refractivity contribution in [2.75, 3.05) is 13.1 Å². The lowest BCUT2D eigenvalue weighted by atomic mass is 9.71. The molecule has 0 bridgehead atoms. The van der Waals surface area contributed by atoms with Crippen LogP contribution in [0, 0.1) is 17.8 Å². The van der Waals surface area contributed by atoms with Gasteiger partial charge in [0.2, 0.25) is 0 Å². The van der Waals surface area contributed by atoms with Crippen molar-refractivity contribution in [3.8, 4) is 0 Å². The first-order chi connectivity index (χ1) is 6.86. The summed E-state index contributed by atoms with van der Waals surface area (Å²) in [6.07, 6.45) is 10.1. The minimum Gasteiger partial charge on any atom is -0.312 e. The van der Waals surface area contributed by atoms with Gasteiger partial charge in [0, 0.05) is 24.9 Å². The monoisotopic (exact) mass is 187 g/mol. The van der Waals surface area contributed by atoms with Crippen LogP contribution in [0.5, 0.6) is 0 Å². The summed E-state index contributed by atoms with van der Waals surface area (Å²) in [5.41, 5.74) is 1.30. The first-order valence-electron chi connectivity index (χ1n) is 5.16. The Labute approximate surface area is 83.4 Å². The van der Waals surface area contributed by atoms with Crippen molar-refractivity contribution >= 4 is 5.78 Å². The summed E-state index contributed by atoms with van der Waals surface area (Å²) >= 11 is 0. The van der Waals surface area contributed by atoms with E-state index >= 15 is 0 Å². The molecule has 1 aliphatic heterocycles. The lowest BCUT2D eigenvalue weighted by molar-refractivity contribution is -0.118. The van der Waals surface area contributed by atoms with Crippen molar-refractivity contribution in [3.63, 3.8) is 0 Å². The number of ketones is 1. The number of rotatable bonds is 0. The number of hydrogen-bond donors (Lipinski definition) is 1. The molecule has 2 heteroatoms. The lowest BCUT2D eigenvalue weighted by Crippen LogP contribution is -2.33. The first-order valence-corrected chi connectivity index (χ1v) is 5.16. The SMILES string of the molecule is O=C1C=C2CNCC2C2C=CC=CC12. The van der Waals surface area contributed by atoms with Crippen LogP contribution in [0.15, 0.2) is 36.0 Å². The molecule has 3 unspecified atom stereocenters. The smallest absolute Gasteiger partial charge is 0.163 e. The van der Waals surface area contributed by atoms with E-state index in [9.17, 15) is 4.79 Å². The predicted octanol–water partition coefficient (Wildman–Crippen LogP) is 1.07. The van der Waals surface area contributed by atoms with Crippen LogP contribution in [-0.2, 0) is 4.79 Å². The summed E-state index contributed by atoms with van der Waals surface area (Å²) in [7, 11) is 0. The number of hydrogen-bond acceptors (Lipinski definition) is 2. The van der Waals surface area contributed by atoms with E-state index in [0.717, 1.165) is 13.1 Å². The molecule has 1 fully saturated rings. The van der Waals surface area contributed by atoms with Crippen LogP contribution in [0.3, 0.4) is 0 Å². The van der Waals surface area contributed by atoms with Gasteiger partial charge in [-0.2, -0.15) is 0 Å². The van der Waals surface area contributed by atoms with E-state index in [2.05, 4.69) is 17.5 Å². The highest BCUT2D eigenvalue weighted by Crippen LogP contribution is 2.38. The van der Waals surface area contributed by atoms with Crippen molar-refractivity contribution < 1.29 is 4.79 Å². The zero-order chi connectivity index (χ0) is 9.54. The number of carbonyl (C=O) groups is 1. The van der Waals surface area contributed by atoms with E-state index in [0.29, 0.717) is 11.8 Å². The Morgan fingerprint density at radius 1 is 1.29 bits per heavy atom. The summed E-state index contributed by atoms with van der Waals surface area (Å²) in [5.74, 6) is 1.35. The molecule has 72 valence electrons. The molecule has 3 aliphatic rings. The maximum absolute atomic E-state index is 11.8. The minimum absolute atomic E-state index is 0.105. The molecule has 0 aromatic rings. The quantitative estimate of drug-likeness (QED) is 0.614. The molecule has 1 heterocycles. The highest BCUT2D eigenvalue weighted by molar-refractivity contribution is 5.95. The highest BCUT2D eigenvalue weighted by atomic mass is 16.1. The summed E-state index contributed by atoms with van der Waals surface area (Å²) < 4.78 is 0. The van der Waals surface area contributed by atoms with Crippen molar-refractivity contribution in [1.82, 2.24) is 5.32 Å². The Balaban J connectivity index is 2.04. The van der Waals surface area contributed by atoms with Gasteiger partial charge in [0.25, 0.3) is 0 Å². The fourth-order valence-corrected chi connectivity index (χ4v) is 2.75. The van der Waals surface area contributed by atoms with Crippen molar-refractivity contribution in [2.24, 2.45) is 17.8 Å². The fraction of sp³-hybridized carbons (Fsp3) is 0.417. The maximum Gasteiger partial charge on any atom is 0.163 e. The number of fused-ring (bicyclic) bond motifs is 3. The van der Waals surface area contributed by atoms with Crippen LogP contribution < -0.4 is 5.32 Å². The third kappa shape index (κ3) is 1.04. The second-order valence-electron chi connectivity index (χ2n) is 4.23. The average Bonchev–Trinajstić information content (AvgIpc) is 2.66. The average molecular weight is 187 g/mol. The molecule has 0 aromatic heterocycles. The van der Waals surface area contributed by atoms with Gasteiger partial charge in [-0.25, -0.2) is 0 Å². The minimum atomic E-state index is 0.105. The van der Waals surface area contributed by atoms with E-state index < -0.39 is 0 Å². The van der Waals surface area contributed by atoms with E-state index in [4.69, 9.17) is 0 Å². The molecule has 0 saturated carbocycles. The van der Waals surface area contributed by atoms with Crippen LogP contribution in [0.4, 0.5) is 0 Å². The van der Waals surface area contributed by atoms with Gasteiger partial charge >= 0.3 is 0 Å². The summed E-state index contributed by atoms with van der Waals surface area (Å²) in [5, 5.41) is 3.34. The predicted molar refractivity (Wildman–Crippen MR) is 54.7 cm³/mol. The molecule has 3 rings (SSSR count).